The number of rotatable bonds is 13. The van der Waals surface area contributed by atoms with Crippen molar-refractivity contribution in [3.63, 3.8) is 0 Å². The highest BCUT2D eigenvalue weighted by Gasteiger charge is 2.49. The Hall–Kier alpha value is 0.274. The van der Waals surface area contributed by atoms with Gasteiger partial charge >= 0.3 is 8.80 Å². The van der Waals surface area contributed by atoms with Gasteiger partial charge in [-0.2, -0.15) is 0 Å². The molecule has 25 heavy (non-hydrogen) atoms. The Bertz CT molecular complexity index is 322. The minimum absolute atomic E-state index is 0.670. The number of hydrogen-bond acceptors (Lipinski definition) is 4. The molecular formula is C19H43NO3Si2. The van der Waals surface area contributed by atoms with E-state index in [1.54, 1.807) is 0 Å². The fourth-order valence-corrected chi connectivity index (χ4v) is 12.8. The third-order valence-electron chi connectivity index (χ3n) is 6.06. The van der Waals surface area contributed by atoms with E-state index in [9.17, 15) is 0 Å². The van der Waals surface area contributed by atoms with Crippen LogP contribution in [0.25, 0.3) is 0 Å². The van der Waals surface area contributed by atoms with Gasteiger partial charge in [0.1, 0.15) is 8.24 Å². The Labute approximate surface area is 159 Å². The quantitative estimate of drug-likeness (QED) is 0.404. The Morgan fingerprint density at radius 2 is 1.16 bits per heavy atom. The summed E-state index contributed by atoms with van der Waals surface area (Å²) in [7, 11) is -4.14. The van der Waals surface area contributed by atoms with E-state index in [-0.39, 0.29) is 0 Å². The second kappa shape index (κ2) is 11.9. The topological polar surface area (TPSA) is 30.9 Å². The monoisotopic (exact) mass is 389 g/mol. The first-order valence-electron chi connectivity index (χ1n) is 10.7. The van der Waals surface area contributed by atoms with Gasteiger partial charge in [0.15, 0.2) is 0 Å². The molecule has 0 atom stereocenters. The van der Waals surface area contributed by atoms with Crippen LogP contribution in [0, 0.1) is 0 Å². The molecule has 0 amide bonds. The van der Waals surface area contributed by atoms with Crippen LogP contribution < -0.4 is 0 Å². The van der Waals surface area contributed by atoms with Crippen LogP contribution in [0.4, 0.5) is 0 Å². The van der Waals surface area contributed by atoms with Gasteiger partial charge in [-0.3, -0.25) is 0 Å². The Kier molecular flexibility index (Phi) is 11.1. The molecule has 1 saturated carbocycles. The molecule has 4 nitrogen and oxygen atoms in total. The van der Waals surface area contributed by atoms with Gasteiger partial charge in [-0.25, -0.2) is 0 Å². The second-order valence-corrected chi connectivity index (χ2v) is 14.9. The van der Waals surface area contributed by atoms with Crippen molar-refractivity contribution in [2.24, 2.45) is 0 Å². The van der Waals surface area contributed by atoms with Crippen molar-refractivity contribution in [1.82, 2.24) is 4.57 Å². The van der Waals surface area contributed by atoms with Crippen molar-refractivity contribution in [3.8, 4) is 0 Å². The zero-order valence-electron chi connectivity index (χ0n) is 17.7. The van der Waals surface area contributed by atoms with Crippen LogP contribution in [0.3, 0.4) is 0 Å². The van der Waals surface area contributed by atoms with Crippen LogP contribution in [0.2, 0.25) is 18.1 Å². The molecular weight excluding hydrogens is 346 g/mol. The molecule has 0 radical (unpaired) electrons. The lowest BCUT2D eigenvalue weighted by Crippen LogP contribution is -2.65. The molecule has 0 aliphatic heterocycles. The van der Waals surface area contributed by atoms with Crippen LogP contribution in [0.1, 0.15) is 73.6 Å². The van der Waals surface area contributed by atoms with E-state index in [0.29, 0.717) is 25.9 Å². The first-order chi connectivity index (χ1) is 12.1. The van der Waals surface area contributed by atoms with Crippen LogP contribution in [0.5, 0.6) is 0 Å². The fraction of sp³-hybridized carbons (Fsp3) is 1.00. The lowest BCUT2D eigenvalue weighted by atomic mass is 9.96. The summed E-state index contributed by atoms with van der Waals surface area (Å²) in [5.41, 5.74) is 0. The fourth-order valence-electron chi connectivity index (χ4n) is 4.57. The van der Waals surface area contributed by atoms with Crippen LogP contribution in [-0.4, -0.2) is 53.6 Å². The molecule has 0 saturated heterocycles. The third kappa shape index (κ3) is 6.14. The average molecular weight is 390 g/mol. The van der Waals surface area contributed by atoms with Gasteiger partial charge in [0, 0.05) is 25.9 Å². The molecule has 0 unspecified atom stereocenters. The van der Waals surface area contributed by atoms with Crippen LogP contribution in [-0.2, 0) is 13.3 Å². The predicted octanol–water partition coefficient (Wildman–Crippen LogP) is 5.21. The van der Waals surface area contributed by atoms with Gasteiger partial charge in [0.25, 0.3) is 0 Å². The predicted molar refractivity (Wildman–Crippen MR) is 111 cm³/mol. The SMILES string of the molecule is CCO[Si](CN(C1CCCCC1)[Si](CC)(CC)CC)(OCC)OCC. The van der Waals surface area contributed by atoms with E-state index in [4.69, 9.17) is 13.3 Å². The minimum atomic E-state index is -2.64. The Morgan fingerprint density at radius 1 is 0.720 bits per heavy atom. The molecule has 1 aliphatic rings. The summed E-state index contributed by atoms with van der Waals surface area (Å²) in [6, 6.07) is 4.63. The van der Waals surface area contributed by atoms with Gasteiger partial charge in [0.05, 0.1) is 6.17 Å². The van der Waals surface area contributed by atoms with Gasteiger partial charge in [-0.15, -0.1) is 0 Å². The highest BCUT2D eigenvalue weighted by molar-refractivity contribution is 6.78. The zero-order valence-corrected chi connectivity index (χ0v) is 19.7. The standard InChI is InChI=1S/C19H43NO3Si2/c1-7-21-25(22-8-2,23-9-3)18-20(19-16-14-13-15-17-19)24(10-4,11-5)12-6/h19H,7-18H2,1-6H3. The first kappa shape index (κ1) is 23.3. The molecule has 6 heteroatoms. The van der Waals surface area contributed by atoms with Crippen molar-refractivity contribution < 1.29 is 13.3 Å². The summed E-state index contributed by atoms with van der Waals surface area (Å²) < 4.78 is 21.6. The highest BCUT2D eigenvalue weighted by atomic mass is 28.4. The van der Waals surface area contributed by atoms with E-state index in [1.165, 1.54) is 50.2 Å². The summed E-state index contributed by atoms with van der Waals surface area (Å²) in [4.78, 5) is 0. The molecule has 150 valence electrons. The van der Waals surface area contributed by atoms with Gasteiger partial charge in [-0.1, -0.05) is 40.0 Å². The zero-order chi connectivity index (χ0) is 18.8. The van der Waals surface area contributed by atoms with Gasteiger partial charge in [0.2, 0.25) is 0 Å². The molecule has 0 aromatic carbocycles. The maximum absolute atomic E-state index is 6.24. The van der Waals surface area contributed by atoms with E-state index in [2.05, 4.69) is 46.1 Å². The molecule has 0 bridgehead atoms. The van der Waals surface area contributed by atoms with Crippen molar-refractivity contribution in [1.29, 1.82) is 0 Å². The second-order valence-electron chi connectivity index (χ2n) is 7.19. The van der Waals surface area contributed by atoms with E-state index in [1.807, 2.05) is 0 Å². The number of hydrogen-bond donors (Lipinski definition) is 0. The highest BCUT2D eigenvalue weighted by Crippen LogP contribution is 2.34. The van der Waals surface area contributed by atoms with E-state index < -0.39 is 17.0 Å². The molecule has 0 N–H and O–H groups in total. The normalized spacial score (nSPS) is 17.4. The van der Waals surface area contributed by atoms with Crippen LogP contribution in [0.15, 0.2) is 0 Å². The lowest BCUT2D eigenvalue weighted by Gasteiger charge is -2.49. The summed E-state index contributed by atoms with van der Waals surface area (Å²) in [5.74, 6) is 0. The summed E-state index contributed by atoms with van der Waals surface area (Å²) in [6.07, 6.45) is 7.71. The van der Waals surface area contributed by atoms with E-state index in [0.717, 1.165) is 6.17 Å². The number of nitrogens with zero attached hydrogens (tertiary/aromatic N) is 1. The molecule has 0 aromatic rings. The van der Waals surface area contributed by atoms with Gasteiger partial charge in [-0.05, 0) is 51.7 Å². The van der Waals surface area contributed by atoms with Crippen molar-refractivity contribution in [2.45, 2.75) is 97.8 Å². The Balaban J connectivity index is 3.18. The molecule has 0 spiro atoms. The van der Waals surface area contributed by atoms with Crippen LogP contribution >= 0.6 is 0 Å². The molecule has 1 rings (SSSR count). The van der Waals surface area contributed by atoms with Crippen molar-refractivity contribution >= 4 is 17.0 Å². The molecule has 1 fully saturated rings. The molecule has 0 heterocycles. The average Bonchev–Trinajstić information content (AvgIpc) is 2.64. The summed E-state index contributed by atoms with van der Waals surface area (Å²) in [6.45, 7) is 15.4. The third-order valence-corrected chi connectivity index (χ3v) is 15.0. The van der Waals surface area contributed by atoms with Crippen molar-refractivity contribution in [2.75, 3.05) is 26.0 Å². The smallest absolute Gasteiger partial charge is 0.373 e. The van der Waals surface area contributed by atoms with E-state index >= 15 is 0 Å². The maximum atomic E-state index is 6.24. The minimum Gasteiger partial charge on any atom is -0.373 e. The largest absolute Gasteiger partial charge is 0.515 e. The maximum Gasteiger partial charge on any atom is 0.515 e. The Morgan fingerprint density at radius 3 is 1.52 bits per heavy atom. The summed E-state index contributed by atoms with van der Waals surface area (Å²) >= 11 is 0. The van der Waals surface area contributed by atoms with Gasteiger partial charge < -0.3 is 17.8 Å². The summed E-state index contributed by atoms with van der Waals surface area (Å²) in [5, 5.41) is 0. The first-order valence-corrected chi connectivity index (χ1v) is 15.3. The van der Waals surface area contributed by atoms with Crippen molar-refractivity contribution in [3.05, 3.63) is 0 Å². The lowest BCUT2D eigenvalue weighted by molar-refractivity contribution is 0.0582. The molecule has 1 aliphatic carbocycles. The molecule has 0 aromatic heterocycles.